The molecule has 11 atom stereocenters. The maximum atomic E-state index is 14.4. The molecule has 8 rings (SSSR count). The molecule has 1 amide bonds. The summed E-state index contributed by atoms with van der Waals surface area (Å²) in [6.07, 6.45) is 5.04. The zero-order valence-electron chi connectivity index (χ0n) is 33.2. The summed E-state index contributed by atoms with van der Waals surface area (Å²) < 4.78 is 58.5. The molecule has 0 bridgehead atoms. The first-order valence-corrected chi connectivity index (χ1v) is 23.2. The predicted octanol–water partition coefficient (Wildman–Crippen LogP) is 6.51. The van der Waals surface area contributed by atoms with Crippen molar-refractivity contribution in [3.05, 3.63) is 83.5 Å². The molecule has 5 aliphatic carbocycles. The number of phosphoric ester groups is 2. The highest BCUT2D eigenvalue weighted by atomic mass is 31.3. The molecule has 3 saturated carbocycles. The molecule has 1 aliphatic heterocycles. The fourth-order valence-corrected chi connectivity index (χ4v) is 13.4. The SMILES string of the molecule is CCCC1O[C@@H]2C[C@H]3[C@@H]4CCC5=CC(=O)C=C[C@]5(C)[C@H]4[C@@H](O)C[C@]3(C)[C@]2(C(=O)COP(=O)(O)OP(=O)(O)OCCNC(=O)OCC2c3ccccc3-c3ccccc32)O1. The molecule has 4 N–H and O–H groups in total. The molecule has 1 heterocycles. The van der Waals surface area contributed by atoms with E-state index in [1.165, 1.54) is 0 Å². The van der Waals surface area contributed by atoms with E-state index in [9.17, 15) is 38.4 Å². The van der Waals surface area contributed by atoms with E-state index in [4.69, 9.17) is 23.3 Å². The van der Waals surface area contributed by atoms with E-state index in [-0.39, 0.29) is 49.0 Å². The van der Waals surface area contributed by atoms with E-state index in [1.54, 1.807) is 12.2 Å². The smallest absolute Gasteiger partial charge is 0.449 e. The van der Waals surface area contributed by atoms with Crippen molar-refractivity contribution in [1.82, 2.24) is 5.32 Å². The number of aliphatic hydroxyl groups excluding tert-OH is 1. The van der Waals surface area contributed by atoms with Gasteiger partial charge >= 0.3 is 21.7 Å². The average Bonchev–Trinajstić information content (AvgIpc) is 3.79. The van der Waals surface area contributed by atoms with Crippen LogP contribution in [0.4, 0.5) is 4.79 Å². The summed E-state index contributed by atoms with van der Waals surface area (Å²) in [6, 6.07) is 15.7. The number of hydrogen-bond donors (Lipinski definition) is 4. The molecule has 6 aliphatic rings. The number of aliphatic hydroxyl groups is 1. The summed E-state index contributed by atoms with van der Waals surface area (Å²) in [6.45, 7) is 3.99. The molecule has 4 fully saturated rings. The quantitative estimate of drug-likeness (QED) is 0.118. The molecule has 0 aromatic heterocycles. The van der Waals surface area contributed by atoms with Gasteiger partial charge in [-0.2, -0.15) is 4.31 Å². The van der Waals surface area contributed by atoms with E-state index >= 15 is 0 Å². The van der Waals surface area contributed by atoms with E-state index in [0.717, 1.165) is 27.8 Å². The Bertz CT molecular complexity index is 2130. The molecule has 2 aromatic rings. The van der Waals surface area contributed by atoms with Crippen molar-refractivity contribution in [2.24, 2.45) is 28.6 Å². The number of fused-ring (bicyclic) bond motifs is 10. The molecule has 17 heteroatoms. The molecular weight excluding hydrogens is 804 g/mol. The van der Waals surface area contributed by atoms with Gasteiger partial charge in [0.25, 0.3) is 0 Å². The molecule has 0 spiro atoms. The van der Waals surface area contributed by atoms with Crippen LogP contribution in [0.3, 0.4) is 0 Å². The molecule has 1 saturated heterocycles. The van der Waals surface area contributed by atoms with Gasteiger partial charge in [-0.15, -0.1) is 0 Å². The highest BCUT2D eigenvalue weighted by Crippen LogP contribution is 2.70. The van der Waals surface area contributed by atoms with Crippen LogP contribution < -0.4 is 5.32 Å². The minimum absolute atomic E-state index is 0.0463. The van der Waals surface area contributed by atoms with Crippen molar-refractivity contribution in [3.63, 3.8) is 0 Å². The second-order valence-electron chi connectivity index (χ2n) is 16.9. The van der Waals surface area contributed by atoms with Gasteiger partial charge in [0.2, 0.25) is 0 Å². The highest BCUT2D eigenvalue weighted by molar-refractivity contribution is 7.61. The van der Waals surface area contributed by atoms with E-state index < -0.39 is 75.7 Å². The van der Waals surface area contributed by atoms with Crippen molar-refractivity contribution >= 4 is 33.3 Å². The largest absolute Gasteiger partial charge is 0.481 e. The average molecular weight is 856 g/mol. The minimum atomic E-state index is -5.40. The third-order valence-corrected chi connectivity index (χ3v) is 16.4. The molecule has 0 radical (unpaired) electrons. The van der Waals surface area contributed by atoms with Gasteiger partial charge in [-0.25, -0.2) is 13.9 Å². The first-order valence-electron chi connectivity index (χ1n) is 20.3. The zero-order valence-corrected chi connectivity index (χ0v) is 35.0. The number of alkyl carbamates (subject to hydrolysis) is 1. The lowest BCUT2D eigenvalue weighted by Crippen LogP contribution is -2.63. The van der Waals surface area contributed by atoms with Crippen molar-refractivity contribution < 1.29 is 66.0 Å². The number of ketones is 2. The molecule has 2 aromatic carbocycles. The van der Waals surface area contributed by atoms with Gasteiger partial charge in [0.15, 0.2) is 23.5 Å². The number of ether oxygens (including phenoxy) is 3. The highest BCUT2D eigenvalue weighted by Gasteiger charge is 2.76. The van der Waals surface area contributed by atoms with Gasteiger partial charge in [-0.1, -0.05) is 87.4 Å². The van der Waals surface area contributed by atoms with Gasteiger partial charge < -0.3 is 34.4 Å². The standard InChI is InChI=1S/C42H51NO14P2/c1-4-9-37-55-36-21-33-31-15-14-25-20-26(44)16-17-40(25,2)38(31)34(45)22-41(33,3)42(36,56-37)35(46)24-54-59(50,51)57-58(48,49)53-19-18-43-39(47)52-23-32-29-12-7-5-10-27(29)28-11-6-8-13-30(28)32/h5-8,10-13,16-17,20,31-34,36-38,45H,4,9,14-15,18-19,21-24H2,1-3H3,(H,43,47)(H,48,49)(H,50,51)/t31-,33-,34-,36+,37?,38+,40-,41-,42+/m0/s1. The van der Waals surface area contributed by atoms with Crippen LogP contribution in [-0.4, -0.2) is 83.0 Å². The fraction of sp³-hybridized carbons (Fsp3) is 0.548. The monoisotopic (exact) mass is 855 g/mol. The second-order valence-corrected chi connectivity index (χ2v) is 20.0. The summed E-state index contributed by atoms with van der Waals surface area (Å²) in [5.74, 6) is -1.40. The summed E-state index contributed by atoms with van der Waals surface area (Å²) >= 11 is 0. The van der Waals surface area contributed by atoms with Crippen molar-refractivity contribution in [1.29, 1.82) is 0 Å². The van der Waals surface area contributed by atoms with E-state index in [0.29, 0.717) is 32.1 Å². The number of amides is 1. The number of hydrogen-bond acceptors (Lipinski definition) is 12. The summed E-state index contributed by atoms with van der Waals surface area (Å²) in [7, 11) is -10.7. The number of benzene rings is 2. The molecule has 15 nitrogen and oxygen atoms in total. The van der Waals surface area contributed by atoms with Crippen LogP contribution in [0.1, 0.15) is 76.3 Å². The number of allylic oxidation sites excluding steroid dienone is 4. The Labute approximate surface area is 342 Å². The minimum Gasteiger partial charge on any atom is -0.449 e. The number of rotatable bonds is 14. The number of carbonyl (C=O) groups is 3. The van der Waals surface area contributed by atoms with E-state index in [2.05, 4.69) is 9.63 Å². The normalized spacial score (nSPS) is 34.9. The predicted molar refractivity (Wildman–Crippen MR) is 211 cm³/mol. The molecule has 59 heavy (non-hydrogen) atoms. The van der Waals surface area contributed by atoms with Gasteiger partial charge in [0.1, 0.15) is 13.2 Å². The van der Waals surface area contributed by atoms with Crippen molar-refractivity contribution in [3.8, 4) is 11.1 Å². The molecule has 3 unspecified atom stereocenters. The number of phosphoric acid groups is 2. The Balaban J connectivity index is 0.869. The Morgan fingerprint density at radius 2 is 1.68 bits per heavy atom. The Kier molecular flexibility index (Phi) is 11.4. The van der Waals surface area contributed by atoms with Gasteiger partial charge in [0.05, 0.1) is 18.8 Å². The fourth-order valence-electron chi connectivity index (χ4n) is 11.4. The lowest BCUT2D eigenvalue weighted by molar-refractivity contribution is -0.200. The van der Waals surface area contributed by atoms with E-state index in [1.807, 2.05) is 75.4 Å². The summed E-state index contributed by atoms with van der Waals surface area (Å²) in [4.78, 5) is 60.0. The Morgan fingerprint density at radius 1 is 1.00 bits per heavy atom. The molecular formula is C42H51NO14P2. The van der Waals surface area contributed by atoms with Crippen LogP contribution in [0.5, 0.6) is 0 Å². The van der Waals surface area contributed by atoms with Crippen LogP contribution in [0.25, 0.3) is 11.1 Å². The maximum Gasteiger partial charge on any atom is 0.481 e. The van der Waals surface area contributed by atoms with Crippen LogP contribution in [0, 0.1) is 28.6 Å². The second kappa shape index (κ2) is 15.9. The van der Waals surface area contributed by atoms with Gasteiger partial charge in [-0.3, -0.25) is 18.6 Å². The van der Waals surface area contributed by atoms with Gasteiger partial charge in [0, 0.05) is 29.2 Å². The lowest BCUT2D eigenvalue weighted by atomic mass is 9.46. The van der Waals surface area contributed by atoms with Crippen molar-refractivity contribution in [2.75, 3.05) is 26.4 Å². The van der Waals surface area contributed by atoms with Crippen LogP contribution >= 0.6 is 15.6 Å². The first-order chi connectivity index (χ1) is 28.0. The maximum absolute atomic E-state index is 14.4. The van der Waals surface area contributed by atoms with Crippen LogP contribution in [0.2, 0.25) is 0 Å². The number of Topliss-reactive ketones (excluding diaryl/α,β-unsaturated/α-hetero) is 1. The summed E-state index contributed by atoms with van der Waals surface area (Å²) in [5.41, 5.74) is 1.98. The third-order valence-electron chi connectivity index (χ3n) is 13.8. The Hall–Kier alpha value is -3.33. The Morgan fingerprint density at radius 3 is 2.37 bits per heavy atom. The first kappa shape index (κ1) is 42.4. The van der Waals surface area contributed by atoms with Gasteiger partial charge in [-0.05, 0) is 78.3 Å². The lowest BCUT2D eigenvalue weighted by Gasteiger charge is -2.59. The van der Waals surface area contributed by atoms with Crippen molar-refractivity contribution in [2.45, 2.75) is 89.3 Å². The third kappa shape index (κ3) is 7.45. The zero-order chi connectivity index (χ0) is 42.0. The topological polar surface area (TPSA) is 213 Å². The number of carbonyl (C=O) groups excluding carboxylic acids is 3. The van der Waals surface area contributed by atoms with Crippen LogP contribution in [-0.2, 0) is 46.3 Å². The van der Waals surface area contributed by atoms with Crippen LogP contribution in [0.15, 0.2) is 72.3 Å². The number of nitrogens with one attached hydrogen (secondary N) is 1. The molecule has 318 valence electrons. The summed E-state index contributed by atoms with van der Waals surface area (Å²) in [5, 5.41) is 14.3.